The molecule has 1 nitrogen and oxygen atoms in total. The summed E-state index contributed by atoms with van der Waals surface area (Å²) >= 11 is 0. The highest BCUT2D eigenvalue weighted by Gasteiger charge is 2.12. The molecular weight excluding hydrogens is 314 g/mol. The van der Waals surface area contributed by atoms with Crippen LogP contribution in [0.2, 0.25) is 0 Å². The second kappa shape index (κ2) is 8.17. The number of rotatable bonds is 6. The molecule has 0 amide bonds. The maximum Gasteiger partial charge on any atom is 0.0462 e. The summed E-state index contributed by atoms with van der Waals surface area (Å²) in [5, 5.41) is 0. The predicted octanol–water partition coefficient (Wildman–Crippen LogP) is 7.06. The molecule has 26 heavy (non-hydrogen) atoms. The van der Waals surface area contributed by atoms with Gasteiger partial charge in [-0.15, -0.1) is 0 Å². The first-order chi connectivity index (χ1) is 12.7. The third-order valence-corrected chi connectivity index (χ3v) is 4.28. The molecule has 0 heterocycles. The molecule has 0 saturated heterocycles. The number of hydrogen-bond donors (Lipinski definition) is 0. The average molecular weight is 337 g/mol. The van der Waals surface area contributed by atoms with Crippen molar-refractivity contribution in [1.82, 2.24) is 0 Å². The zero-order valence-corrected chi connectivity index (χ0v) is 15.1. The van der Waals surface area contributed by atoms with Gasteiger partial charge in [0.05, 0.1) is 0 Å². The molecule has 0 fully saturated rings. The van der Waals surface area contributed by atoms with Gasteiger partial charge in [0.1, 0.15) is 0 Å². The van der Waals surface area contributed by atoms with Crippen molar-refractivity contribution in [3.63, 3.8) is 0 Å². The molecule has 0 aliphatic heterocycles. The van der Waals surface area contributed by atoms with Gasteiger partial charge in [-0.2, -0.15) is 0 Å². The van der Waals surface area contributed by atoms with Crippen LogP contribution in [-0.2, 0) is 0 Å². The molecule has 3 aromatic carbocycles. The van der Waals surface area contributed by atoms with E-state index in [0.717, 1.165) is 17.1 Å². The molecule has 0 N–H and O–H groups in total. The van der Waals surface area contributed by atoms with Crippen LogP contribution in [-0.4, -0.2) is 0 Å². The van der Waals surface area contributed by atoms with Crippen molar-refractivity contribution < 1.29 is 0 Å². The van der Waals surface area contributed by atoms with Crippen LogP contribution in [0.4, 0.5) is 11.4 Å². The van der Waals surface area contributed by atoms with Crippen LogP contribution in [0.25, 0.3) is 11.1 Å². The van der Waals surface area contributed by atoms with Crippen molar-refractivity contribution in [2.45, 2.75) is 6.92 Å². The lowest BCUT2D eigenvalue weighted by Gasteiger charge is -2.26. The van der Waals surface area contributed by atoms with E-state index in [2.05, 4.69) is 85.6 Å². The van der Waals surface area contributed by atoms with Crippen LogP contribution < -0.4 is 4.90 Å². The minimum absolute atomic E-state index is 0.981. The Labute approximate surface area is 156 Å². The van der Waals surface area contributed by atoms with Gasteiger partial charge in [0.2, 0.25) is 0 Å². The normalized spacial score (nSPS) is 11.0. The number of benzene rings is 3. The van der Waals surface area contributed by atoms with Gasteiger partial charge in [-0.25, -0.2) is 0 Å². The number of anilines is 2. The lowest BCUT2D eigenvalue weighted by atomic mass is 10.0. The van der Waals surface area contributed by atoms with E-state index in [1.165, 1.54) is 16.7 Å². The van der Waals surface area contributed by atoms with Crippen molar-refractivity contribution >= 4 is 11.4 Å². The van der Waals surface area contributed by atoms with Gasteiger partial charge in [-0.05, 0) is 54.5 Å². The Bertz CT molecular complexity index is 901. The summed E-state index contributed by atoms with van der Waals surface area (Å²) in [6.45, 7) is 9.90. The summed E-state index contributed by atoms with van der Waals surface area (Å²) in [6, 6.07) is 27.5. The first kappa shape index (κ1) is 17.5. The Morgan fingerprint density at radius 3 is 1.81 bits per heavy atom. The quantitative estimate of drug-likeness (QED) is 0.435. The molecule has 3 aromatic rings. The fourth-order valence-corrected chi connectivity index (χ4v) is 2.93. The summed E-state index contributed by atoms with van der Waals surface area (Å²) < 4.78 is 0. The first-order valence-electron chi connectivity index (χ1n) is 8.70. The van der Waals surface area contributed by atoms with Crippen molar-refractivity contribution in [3.05, 3.63) is 122 Å². The Balaban J connectivity index is 2.02. The average Bonchev–Trinajstić information content (AvgIpc) is 2.69. The van der Waals surface area contributed by atoms with Crippen LogP contribution in [0.1, 0.15) is 5.56 Å². The van der Waals surface area contributed by atoms with Crippen molar-refractivity contribution in [2.75, 3.05) is 4.90 Å². The predicted molar refractivity (Wildman–Crippen MR) is 114 cm³/mol. The van der Waals surface area contributed by atoms with Gasteiger partial charge in [0.25, 0.3) is 0 Å². The summed E-state index contributed by atoms with van der Waals surface area (Å²) in [5.41, 5.74) is 6.84. The van der Waals surface area contributed by atoms with Crippen LogP contribution in [0.3, 0.4) is 0 Å². The second-order valence-electron chi connectivity index (χ2n) is 6.12. The van der Waals surface area contributed by atoms with E-state index in [1.54, 1.807) is 6.08 Å². The zero-order valence-electron chi connectivity index (χ0n) is 15.1. The number of para-hydroxylation sites is 1. The van der Waals surface area contributed by atoms with Crippen molar-refractivity contribution in [3.8, 4) is 11.1 Å². The van der Waals surface area contributed by atoms with Crippen LogP contribution in [0.15, 0.2) is 116 Å². The molecule has 0 radical (unpaired) electrons. The van der Waals surface area contributed by atoms with E-state index in [4.69, 9.17) is 0 Å². The molecule has 0 atom stereocenters. The fraction of sp³-hybridized carbons (Fsp3) is 0.0400. The molecule has 3 rings (SSSR count). The first-order valence-corrected chi connectivity index (χ1v) is 8.70. The molecule has 1 heteroatoms. The minimum Gasteiger partial charge on any atom is -0.311 e. The molecule has 0 bridgehead atoms. The molecule has 0 spiro atoms. The van der Waals surface area contributed by atoms with Gasteiger partial charge in [0.15, 0.2) is 0 Å². The lowest BCUT2D eigenvalue weighted by molar-refractivity contribution is 1.21. The summed E-state index contributed by atoms with van der Waals surface area (Å²) in [7, 11) is 0. The van der Waals surface area contributed by atoms with E-state index in [9.17, 15) is 0 Å². The topological polar surface area (TPSA) is 3.24 Å². The van der Waals surface area contributed by atoms with Gasteiger partial charge < -0.3 is 4.90 Å². The van der Waals surface area contributed by atoms with E-state index >= 15 is 0 Å². The van der Waals surface area contributed by atoms with E-state index in [1.807, 2.05) is 30.4 Å². The summed E-state index contributed by atoms with van der Waals surface area (Å²) in [4.78, 5) is 2.17. The Morgan fingerprint density at radius 1 is 0.731 bits per heavy atom. The summed E-state index contributed by atoms with van der Waals surface area (Å²) in [5.74, 6) is 0. The third kappa shape index (κ3) is 3.84. The highest BCUT2D eigenvalue weighted by atomic mass is 15.1. The molecule has 128 valence electrons. The van der Waals surface area contributed by atoms with E-state index in [-0.39, 0.29) is 0 Å². The molecule has 0 aliphatic rings. The van der Waals surface area contributed by atoms with Gasteiger partial charge in [-0.3, -0.25) is 0 Å². The van der Waals surface area contributed by atoms with E-state index in [0.29, 0.717) is 0 Å². The smallest absolute Gasteiger partial charge is 0.0462 e. The van der Waals surface area contributed by atoms with E-state index < -0.39 is 0 Å². The molecule has 0 aliphatic carbocycles. The monoisotopic (exact) mass is 337 g/mol. The number of allylic oxidation sites excluding steroid dienone is 3. The highest BCUT2D eigenvalue weighted by molar-refractivity contribution is 5.73. The summed E-state index contributed by atoms with van der Waals surface area (Å²) in [6.07, 6.45) is 5.60. The molecule has 0 unspecified atom stereocenters. The Hall–Kier alpha value is -3.32. The second-order valence-corrected chi connectivity index (χ2v) is 6.12. The number of hydrogen-bond acceptors (Lipinski definition) is 1. The number of aryl methyl sites for hydroxylation is 1. The van der Waals surface area contributed by atoms with Crippen molar-refractivity contribution in [2.24, 2.45) is 0 Å². The Kier molecular flexibility index (Phi) is 5.50. The SMILES string of the molecule is C=C/C=C(\C=C)N(c1ccccc1)c1ccc(-c2ccc(C)cc2)cc1. The molecule has 0 aromatic heterocycles. The lowest BCUT2D eigenvalue weighted by Crippen LogP contribution is -2.14. The maximum atomic E-state index is 3.97. The maximum absolute atomic E-state index is 3.97. The Morgan fingerprint density at radius 2 is 1.27 bits per heavy atom. The zero-order chi connectivity index (χ0) is 18.4. The fourth-order valence-electron chi connectivity index (χ4n) is 2.93. The van der Waals surface area contributed by atoms with Crippen LogP contribution >= 0.6 is 0 Å². The number of nitrogens with zero attached hydrogens (tertiary/aromatic N) is 1. The minimum atomic E-state index is 0.981. The van der Waals surface area contributed by atoms with Gasteiger partial charge in [-0.1, -0.05) is 79.4 Å². The van der Waals surface area contributed by atoms with Crippen molar-refractivity contribution in [1.29, 1.82) is 0 Å². The van der Waals surface area contributed by atoms with Gasteiger partial charge >= 0.3 is 0 Å². The highest BCUT2D eigenvalue weighted by Crippen LogP contribution is 2.32. The molecule has 0 saturated carbocycles. The van der Waals surface area contributed by atoms with Gasteiger partial charge in [0, 0.05) is 17.1 Å². The largest absolute Gasteiger partial charge is 0.311 e. The molecular formula is C25H23N. The van der Waals surface area contributed by atoms with Crippen LogP contribution in [0.5, 0.6) is 0 Å². The third-order valence-electron chi connectivity index (χ3n) is 4.28. The van der Waals surface area contributed by atoms with Crippen LogP contribution in [0, 0.1) is 6.92 Å². The standard InChI is InChI=1S/C25H23N/c1-4-9-23(5-2)26(24-10-7-6-8-11-24)25-18-16-22(17-19-25)21-14-12-20(3)13-15-21/h4-19H,1-2H2,3H3/b23-9+.